The maximum Gasteiger partial charge on any atom is 0.129 e. The molecule has 1 rings (SSSR count). The molecule has 0 aliphatic carbocycles. The van der Waals surface area contributed by atoms with Crippen LogP contribution in [0.1, 0.15) is 44.0 Å². The second-order valence-corrected chi connectivity index (χ2v) is 4.63. The quantitative estimate of drug-likeness (QED) is 0.768. The van der Waals surface area contributed by atoms with Crippen LogP contribution in [0.5, 0.6) is 5.75 Å². The van der Waals surface area contributed by atoms with Crippen LogP contribution in [0.3, 0.4) is 0 Å². The van der Waals surface area contributed by atoms with Crippen LogP contribution in [0.2, 0.25) is 0 Å². The van der Waals surface area contributed by atoms with E-state index in [0.717, 1.165) is 12.3 Å². The highest BCUT2D eigenvalue weighted by atomic mass is 32.1. The SMILES string of the molecule is CCCNC(CCC)c1cc(OC)cs1. The van der Waals surface area contributed by atoms with Crippen molar-refractivity contribution in [1.82, 2.24) is 5.32 Å². The van der Waals surface area contributed by atoms with Crippen molar-refractivity contribution in [3.63, 3.8) is 0 Å². The van der Waals surface area contributed by atoms with Gasteiger partial charge in [-0.3, -0.25) is 0 Å². The van der Waals surface area contributed by atoms with Crippen LogP contribution in [0.15, 0.2) is 11.4 Å². The lowest BCUT2D eigenvalue weighted by Crippen LogP contribution is -2.21. The Hall–Kier alpha value is -0.540. The number of ether oxygens (including phenoxy) is 1. The predicted molar refractivity (Wildman–Crippen MR) is 66.8 cm³/mol. The van der Waals surface area contributed by atoms with E-state index in [-0.39, 0.29) is 0 Å². The lowest BCUT2D eigenvalue weighted by molar-refractivity contribution is 0.415. The van der Waals surface area contributed by atoms with Gasteiger partial charge in [0.05, 0.1) is 7.11 Å². The second kappa shape index (κ2) is 6.85. The molecule has 0 bridgehead atoms. The second-order valence-electron chi connectivity index (χ2n) is 3.68. The maximum atomic E-state index is 5.21. The Kier molecular flexibility index (Phi) is 5.73. The molecule has 0 radical (unpaired) electrons. The van der Waals surface area contributed by atoms with Crippen LogP contribution in [-0.2, 0) is 0 Å². The largest absolute Gasteiger partial charge is 0.496 e. The van der Waals surface area contributed by atoms with Crippen LogP contribution < -0.4 is 10.1 Å². The molecule has 1 unspecified atom stereocenters. The molecule has 1 heterocycles. The van der Waals surface area contributed by atoms with Gasteiger partial charge in [-0.25, -0.2) is 0 Å². The van der Waals surface area contributed by atoms with Gasteiger partial charge in [-0.05, 0) is 25.5 Å². The van der Waals surface area contributed by atoms with Gasteiger partial charge in [0.2, 0.25) is 0 Å². The summed E-state index contributed by atoms with van der Waals surface area (Å²) < 4.78 is 5.21. The van der Waals surface area contributed by atoms with Gasteiger partial charge >= 0.3 is 0 Å². The molecule has 0 fully saturated rings. The van der Waals surface area contributed by atoms with Gasteiger partial charge in [0, 0.05) is 16.3 Å². The highest BCUT2D eigenvalue weighted by Crippen LogP contribution is 2.29. The van der Waals surface area contributed by atoms with Crippen molar-refractivity contribution in [2.45, 2.75) is 39.2 Å². The van der Waals surface area contributed by atoms with Crippen LogP contribution in [0, 0.1) is 0 Å². The van der Waals surface area contributed by atoms with Gasteiger partial charge in [0.1, 0.15) is 5.75 Å². The molecular formula is C12H21NOS. The summed E-state index contributed by atoms with van der Waals surface area (Å²) in [5.74, 6) is 0.981. The fourth-order valence-electron chi connectivity index (χ4n) is 1.58. The Morgan fingerprint density at radius 1 is 1.40 bits per heavy atom. The summed E-state index contributed by atoms with van der Waals surface area (Å²) in [5.41, 5.74) is 0. The zero-order valence-corrected chi connectivity index (χ0v) is 10.7. The van der Waals surface area contributed by atoms with Gasteiger partial charge in [-0.1, -0.05) is 20.3 Å². The van der Waals surface area contributed by atoms with Crippen molar-refractivity contribution in [1.29, 1.82) is 0 Å². The van der Waals surface area contributed by atoms with E-state index in [4.69, 9.17) is 4.74 Å². The van der Waals surface area contributed by atoms with Crippen molar-refractivity contribution in [3.05, 3.63) is 16.3 Å². The number of thiophene rings is 1. The summed E-state index contributed by atoms with van der Waals surface area (Å²) in [7, 11) is 1.72. The van der Waals surface area contributed by atoms with Crippen LogP contribution >= 0.6 is 11.3 Å². The number of nitrogens with one attached hydrogen (secondary N) is 1. The molecule has 2 nitrogen and oxygen atoms in total. The molecule has 0 saturated carbocycles. The van der Waals surface area contributed by atoms with E-state index in [0.29, 0.717) is 6.04 Å². The average Bonchev–Trinajstić information content (AvgIpc) is 2.72. The lowest BCUT2D eigenvalue weighted by atomic mass is 10.1. The van der Waals surface area contributed by atoms with Gasteiger partial charge in [0.15, 0.2) is 0 Å². The molecule has 0 aliphatic rings. The Morgan fingerprint density at radius 3 is 2.73 bits per heavy atom. The third-order valence-electron chi connectivity index (χ3n) is 2.39. The number of hydrogen-bond acceptors (Lipinski definition) is 3. The number of methoxy groups -OCH3 is 1. The fourth-order valence-corrected chi connectivity index (χ4v) is 2.54. The molecule has 0 spiro atoms. The highest BCUT2D eigenvalue weighted by Gasteiger charge is 2.12. The van der Waals surface area contributed by atoms with E-state index >= 15 is 0 Å². The summed E-state index contributed by atoms with van der Waals surface area (Å²) in [6, 6.07) is 2.65. The number of hydrogen-bond donors (Lipinski definition) is 1. The van der Waals surface area contributed by atoms with Crippen molar-refractivity contribution in [2.75, 3.05) is 13.7 Å². The summed E-state index contributed by atoms with van der Waals surface area (Å²) in [6.45, 7) is 5.52. The fraction of sp³-hybridized carbons (Fsp3) is 0.667. The van der Waals surface area contributed by atoms with E-state index in [1.807, 2.05) is 0 Å². The normalized spacial score (nSPS) is 12.7. The van der Waals surface area contributed by atoms with E-state index in [1.54, 1.807) is 18.4 Å². The molecule has 0 saturated heterocycles. The van der Waals surface area contributed by atoms with E-state index < -0.39 is 0 Å². The first-order valence-corrected chi connectivity index (χ1v) is 6.55. The van der Waals surface area contributed by atoms with Crippen LogP contribution in [0.25, 0.3) is 0 Å². The minimum atomic E-state index is 0.504. The first-order valence-electron chi connectivity index (χ1n) is 5.67. The molecular weight excluding hydrogens is 206 g/mol. The Bertz CT molecular complexity index is 272. The third kappa shape index (κ3) is 3.84. The first kappa shape index (κ1) is 12.5. The molecule has 0 amide bonds. The Balaban J connectivity index is 2.60. The zero-order valence-electron chi connectivity index (χ0n) is 9.88. The van der Waals surface area contributed by atoms with Crippen molar-refractivity contribution >= 4 is 11.3 Å². The molecule has 1 atom stereocenters. The lowest BCUT2D eigenvalue weighted by Gasteiger charge is -2.15. The van der Waals surface area contributed by atoms with Crippen LogP contribution in [0.4, 0.5) is 0 Å². The van der Waals surface area contributed by atoms with E-state index in [1.165, 1.54) is 24.1 Å². The van der Waals surface area contributed by atoms with E-state index in [2.05, 4.69) is 30.6 Å². The summed E-state index contributed by atoms with van der Waals surface area (Å²) in [4.78, 5) is 1.39. The van der Waals surface area contributed by atoms with Gasteiger partial charge in [0.25, 0.3) is 0 Å². The van der Waals surface area contributed by atoms with E-state index in [9.17, 15) is 0 Å². The average molecular weight is 227 g/mol. The molecule has 1 aromatic rings. The molecule has 0 aromatic carbocycles. The molecule has 15 heavy (non-hydrogen) atoms. The number of rotatable bonds is 7. The standard InChI is InChI=1S/C12H21NOS/c1-4-6-11(13-7-5-2)12-8-10(14-3)9-15-12/h8-9,11,13H,4-7H2,1-3H3. The first-order chi connectivity index (χ1) is 7.31. The predicted octanol–water partition coefficient (Wildman–Crippen LogP) is 3.60. The monoisotopic (exact) mass is 227 g/mol. The summed E-state index contributed by atoms with van der Waals surface area (Å²) in [6.07, 6.45) is 3.59. The molecule has 0 aliphatic heterocycles. The van der Waals surface area contributed by atoms with Gasteiger partial charge in [-0.2, -0.15) is 0 Å². The Morgan fingerprint density at radius 2 is 2.20 bits per heavy atom. The van der Waals surface area contributed by atoms with Crippen molar-refractivity contribution < 1.29 is 4.74 Å². The smallest absolute Gasteiger partial charge is 0.129 e. The third-order valence-corrected chi connectivity index (χ3v) is 3.42. The van der Waals surface area contributed by atoms with Crippen molar-refractivity contribution in [2.24, 2.45) is 0 Å². The molecule has 1 aromatic heterocycles. The van der Waals surface area contributed by atoms with Crippen molar-refractivity contribution in [3.8, 4) is 5.75 Å². The van der Waals surface area contributed by atoms with Crippen LogP contribution in [-0.4, -0.2) is 13.7 Å². The maximum absolute atomic E-state index is 5.21. The summed E-state index contributed by atoms with van der Waals surface area (Å²) >= 11 is 1.79. The minimum absolute atomic E-state index is 0.504. The van der Waals surface area contributed by atoms with Gasteiger partial charge < -0.3 is 10.1 Å². The Labute approximate surface area is 96.7 Å². The zero-order chi connectivity index (χ0) is 11.1. The molecule has 1 N–H and O–H groups in total. The molecule has 3 heteroatoms. The minimum Gasteiger partial charge on any atom is -0.496 e. The highest BCUT2D eigenvalue weighted by molar-refractivity contribution is 7.10. The topological polar surface area (TPSA) is 21.3 Å². The van der Waals surface area contributed by atoms with Gasteiger partial charge in [-0.15, -0.1) is 11.3 Å². The molecule has 86 valence electrons. The summed E-state index contributed by atoms with van der Waals surface area (Å²) in [5, 5.41) is 5.65.